The molecule has 7 heteroatoms. The number of carbonyl (C=O) groups excluding carboxylic acids is 2. The number of anilines is 1. The first kappa shape index (κ1) is 21.0. The fourth-order valence-electron chi connectivity index (χ4n) is 4.65. The first-order valence-corrected chi connectivity index (χ1v) is 11.1. The molecule has 168 valence electrons. The minimum atomic E-state index is -0.531. The molecule has 0 saturated heterocycles. The van der Waals surface area contributed by atoms with Crippen LogP contribution >= 0.6 is 0 Å². The van der Waals surface area contributed by atoms with Crippen LogP contribution in [0.2, 0.25) is 0 Å². The Morgan fingerprint density at radius 1 is 1.30 bits per heavy atom. The van der Waals surface area contributed by atoms with Gasteiger partial charge in [0.05, 0.1) is 12.0 Å². The fourth-order valence-corrected chi connectivity index (χ4v) is 4.65. The highest BCUT2D eigenvalue weighted by Gasteiger charge is 2.41. The van der Waals surface area contributed by atoms with E-state index in [2.05, 4.69) is 38.4 Å². The Kier molecular flexibility index (Phi) is 5.24. The second-order valence-corrected chi connectivity index (χ2v) is 8.88. The smallest absolute Gasteiger partial charge is 0.246 e. The lowest BCUT2D eigenvalue weighted by Crippen LogP contribution is -2.44. The number of rotatable bonds is 4. The molecule has 1 spiro atoms. The van der Waals surface area contributed by atoms with E-state index in [9.17, 15) is 9.59 Å². The van der Waals surface area contributed by atoms with Gasteiger partial charge >= 0.3 is 0 Å². The van der Waals surface area contributed by atoms with E-state index >= 15 is 0 Å². The summed E-state index contributed by atoms with van der Waals surface area (Å²) < 4.78 is 2.12. The van der Waals surface area contributed by atoms with Crippen molar-refractivity contribution >= 4 is 34.6 Å². The molecule has 4 heterocycles. The zero-order valence-corrected chi connectivity index (χ0v) is 18.8. The van der Waals surface area contributed by atoms with Crippen molar-refractivity contribution in [2.75, 3.05) is 18.9 Å². The second kappa shape index (κ2) is 8.24. The molecular formula is C26H27N5O2. The van der Waals surface area contributed by atoms with E-state index in [4.69, 9.17) is 0 Å². The Morgan fingerprint density at radius 3 is 2.94 bits per heavy atom. The maximum Gasteiger partial charge on any atom is 0.246 e. The number of nitrogens with one attached hydrogen (secondary N) is 2. The van der Waals surface area contributed by atoms with E-state index in [1.807, 2.05) is 37.5 Å². The highest BCUT2D eigenvalue weighted by Crippen LogP contribution is 2.38. The van der Waals surface area contributed by atoms with Crippen LogP contribution in [-0.4, -0.2) is 39.9 Å². The van der Waals surface area contributed by atoms with Crippen molar-refractivity contribution in [3.63, 3.8) is 0 Å². The molecule has 0 bridgehead atoms. The van der Waals surface area contributed by atoms with E-state index in [1.165, 1.54) is 5.39 Å². The summed E-state index contributed by atoms with van der Waals surface area (Å²) in [4.78, 5) is 31.5. The fraction of sp³-hybridized carbons (Fsp3) is 0.269. The number of benzene rings is 1. The van der Waals surface area contributed by atoms with Crippen LogP contribution < -0.4 is 10.6 Å². The van der Waals surface area contributed by atoms with Crippen LogP contribution in [-0.2, 0) is 29.6 Å². The summed E-state index contributed by atoms with van der Waals surface area (Å²) in [5.41, 5.74) is 3.52. The summed E-state index contributed by atoms with van der Waals surface area (Å²) in [5, 5.41) is 7.26. The molecule has 5 rings (SSSR count). The molecule has 7 nitrogen and oxygen atoms in total. The lowest BCUT2D eigenvalue weighted by Gasteiger charge is -2.36. The minimum Gasteiger partial charge on any atom is -0.391 e. The van der Waals surface area contributed by atoms with Crippen LogP contribution in [0.1, 0.15) is 23.2 Å². The molecule has 2 aromatic heterocycles. The number of hydrogen-bond acceptors (Lipinski definition) is 4. The van der Waals surface area contributed by atoms with Crippen LogP contribution in [0.15, 0.2) is 60.9 Å². The zero-order valence-electron chi connectivity index (χ0n) is 18.8. The van der Waals surface area contributed by atoms with Crippen molar-refractivity contribution in [3.05, 3.63) is 77.8 Å². The van der Waals surface area contributed by atoms with E-state index in [0.717, 1.165) is 35.3 Å². The quantitative estimate of drug-likeness (QED) is 0.610. The first-order chi connectivity index (χ1) is 15.9. The lowest BCUT2D eigenvalue weighted by atomic mass is 9.74. The average molecular weight is 442 g/mol. The highest BCUT2D eigenvalue weighted by molar-refractivity contribution is 5.99. The van der Waals surface area contributed by atoms with Crippen molar-refractivity contribution < 1.29 is 9.59 Å². The summed E-state index contributed by atoms with van der Waals surface area (Å²) in [6.07, 6.45) is 10.2. The molecule has 2 aliphatic heterocycles. The third kappa shape index (κ3) is 3.91. The van der Waals surface area contributed by atoms with Crippen LogP contribution in [0.5, 0.6) is 0 Å². The largest absolute Gasteiger partial charge is 0.391 e. The number of para-hydroxylation sites is 1. The topological polar surface area (TPSA) is 79.3 Å². The van der Waals surface area contributed by atoms with Gasteiger partial charge in [0, 0.05) is 44.1 Å². The minimum absolute atomic E-state index is 0.00585. The van der Waals surface area contributed by atoms with Gasteiger partial charge in [0.2, 0.25) is 11.8 Å². The predicted molar refractivity (Wildman–Crippen MR) is 129 cm³/mol. The van der Waals surface area contributed by atoms with Crippen LogP contribution in [0, 0.1) is 5.41 Å². The number of fused-ring (bicyclic) bond motifs is 2. The number of aromatic nitrogens is 2. The molecule has 0 saturated carbocycles. The van der Waals surface area contributed by atoms with Gasteiger partial charge in [-0.3, -0.25) is 9.59 Å². The maximum atomic E-state index is 12.8. The number of amides is 2. The van der Waals surface area contributed by atoms with Gasteiger partial charge in [0.25, 0.3) is 0 Å². The molecule has 33 heavy (non-hydrogen) atoms. The van der Waals surface area contributed by atoms with Crippen LogP contribution in [0.4, 0.5) is 5.82 Å². The molecule has 1 aromatic carbocycles. The Balaban J connectivity index is 1.30. The van der Waals surface area contributed by atoms with Crippen LogP contribution in [0.25, 0.3) is 17.0 Å². The number of aryl methyl sites for hydroxylation is 1. The molecule has 0 fully saturated rings. The van der Waals surface area contributed by atoms with E-state index in [-0.39, 0.29) is 11.8 Å². The summed E-state index contributed by atoms with van der Waals surface area (Å²) >= 11 is 0. The standard InChI is InChI=1S/C26H27N5O2/c1-30(17-21-14-19-5-3-4-6-22(19)31(21)2)23(32)8-7-18-13-20-15-26(9-11-27-12-10-26)25(33)29-24(20)28-16-18/h3-9,11,13-14,16,27H,10,12,15,17H2,1-2H3,(H,28,29,33)/b8-7+. The molecule has 1 atom stereocenters. The summed E-state index contributed by atoms with van der Waals surface area (Å²) in [5.74, 6) is 0.520. The third-order valence-corrected chi connectivity index (χ3v) is 6.66. The number of carbonyl (C=O) groups is 2. The van der Waals surface area contributed by atoms with E-state index in [0.29, 0.717) is 18.8 Å². The number of pyridine rings is 1. The number of nitrogens with zero attached hydrogens (tertiary/aromatic N) is 3. The summed E-state index contributed by atoms with van der Waals surface area (Å²) in [6.45, 7) is 1.29. The van der Waals surface area contributed by atoms with Gasteiger partial charge in [-0.05, 0) is 59.8 Å². The van der Waals surface area contributed by atoms with E-state index < -0.39 is 5.41 Å². The monoisotopic (exact) mass is 441 g/mol. The first-order valence-electron chi connectivity index (χ1n) is 11.1. The second-order valence-electron chi connectivity index (χ2n) is 8.88. The molecule has 1 unspecified atom stereocenters. The number of hydrogen-bond donors (Lipinski definition) is 2. The Hall–Kier alpha value is -3.87. The van der Waals surface area contributed by atoms with Crippen molar-refractivity contribution in [2.24, 2.45) is 12.5 Å². The lowest BCUT2D eigenvalue weighted by molar-refractivity contribution is -0.125. The Labute approximate surface area is 192 Å². The van der Waals surface area contributed by atoms with Gasteiger partial charge in [-0.2, -0.15) is 0 Å². The van der Waals surface area contributed by atoms with Crippen molar-refractivity contribution in [2.45, 2.75) is 19.4 Å². The molecule has 2 aliphatic rings. The molecule has 2 amide bonds. The maximum absolute atomic E-state index is 12.8. The van der Waals surface area contributed by atoms with Gasteiger partial charge in [0.1, 0.15) is 5.82 Å². The van der Waals surface area contributed by atoms with Crippen molar-refractivity contribution in [3.8, 4) is 0 Å². The Morgan fingerprint density at radius 2 is 2.15 bits per heavy atom. The normalized spacial score (nSPS) is 19.5. The van der Waals surface area contributed by atoms with Gasteiger partial charge in [-0.1, -0.05) is 24.3 Å². The molecule has 0 radical (unpaired) electrons. The number of likely N-dealkylation sites (N-methyl/N-ethyl adjacent to an activating group) is 1. The van der Waals surface area contributed by atoms with Crippen molar-refractivity contribution in [1.29, 1.82) is 0 Å². The van der Waals surface area contributed by atoms with Gasteiger partial charge in [-0.15, -0.1) is 0 Å². The molecule has 2 N–H and O–H groups in total. The summed E-state index contributed by atoms with van der Waals surface area (Å²) in [6, 6.07) is 12.3. The predicted octanol–water partition coefficient (Wildman–Crippen LogP) is 3.23. The average Bonchev–Trinajstić information content (AvgIpc) is 3.14. The summed E-state index contributed by atoms with van der Waals surface area (Å²) in [7, 11) is 3.83. The SMILES string of the molecule is CN(Cc1cc2ccccc2n1C)C(=O)/C=C/c1cnc2c(c1)CC1(C=CNCC1)C(=O)N2. The van der Waals surface area contributed by atoms with Gasteiger partial charge in [0.15, 0.2) is 0 Å². The van der Waals surface area contributed by atoms with Gasteiger partial charge in [-0.25, -0.2) is 4.98 Å². The van der Waals surface area contributed by atoms with Gasteiger partial charge < -0.3 is 20.1 Å². The van der Waals surface area contributed by atoms with Crippen LogP contribution in [0.3, 0.4) is 0 Å². The zero-order chi connectivity index (χ0) is 23.0. The Bertz CT molecular complexity index is 1310. The van der Waals surface area contributed by atoms with E-state index in [1.54, 1.807) is 30.3 Å². The molecule has 3 aromatic rings. The van der Waals surface area contributed by atoms with Crippen molar-refractivity contribution in [1.82, 2.24) is 19.8 Å². The highest BCUT2D eigenvalue weighted by atomic mass is 16.2. The molecular weight excluding hydrogens is 414 g/mol. The third-order valence-electron chi connectivity index (χ3n) is 6.66. The molecule has 0 aliphatic carbocycles.